The molecule has 262 valence electrons. The van der Waals surface area contributed by atoms with Gasteiger partial charge in [0.25, 0.3) is 0 Å². The second-order valence-corrected chi connectivity index (χ2v) is 15.9. The molecule has 1 saturated carbocycles. The number of rotatable bonds is 10. The minimum absolute atomic E-state index is 0.0276. The second-order valence-electron chi connectivity index (χ2n) is 15.9. The topological polar surface area (TPSA) is 102 Å². The van der Waals surface area contributed by atoms with Crippen molar-refractivity contribution in [2.75, 3.05) is 20.1 Å². The zero-order chi connectivity index (χ0) is 34.2. The van der Waals surface area contributed by atoms with Crippen LogP contribution >= 0.6 is 0 Å². The molecule has 2 aliphatic heterocycles. The molecule has 2 heterocycles. The summed E-state index contributed by atoms with van der Waals surface area (Å²) in [6.07, 6.45) is 14.2. The van der Waals surface area contributed by atoms with Crippen molar-refractivity contribution in [1.82, 2.24) is 25.3 Å². The van der Waals surface area contributed by atoms with E-state index in [1.54, 1.807) is 23.8 Å². The molecule has 4 amide bonds. The summed E-state index contributed by atoms with van der Waals surface area (Å²) in [5.41, 5.74) is 0.0243. The van der Waals surface area contributed by atoms with Gasteiger partial charge in [-0.25, -0.2) is 0 Å². The number of hydrogen-bond donors (Lipinski definition) is 2. The van der Waals surface area contributed by atoms with Gasteiger partial charge in [0, 0.05) is 31.2 Å². The number of likely N-dealkylation sites (N-methyl/N-ethyl adjacent to an activating group) is 1. The minimum Gasteiger partial charge on any atom is -0.352 e. The van der Waals surface area contributed by atoms with Crippen LogP contribution in [-0.4, -0.2) is 94.7 Å². The van der Waals surface area contributed by atoms with Gasteiger partial charge in [0.15, 0.2) is 0 Å². The molecule has 0 aromatic rings. The predicted molar refractivity (Wildman–Crippen MR) is 185 cm³/mol. The number of carbonyl (C=O) groups is 4. The molecular weight excluding hydrogens is 578 g/mol. The van der Waals surface area contributed by atoms with E-state index in [1.165, 1.54) is 19.3 Å². The van der Waals surface area contributed by atoms with Gasteiger partial charge in [-0.3, -0.25) is 24.1 Å². The van der Waals surface area contributed by atoms with Crippen LogP contribution in [0.5, 0.6) is 0 Å². The Morgan fingerprint density at radius 1 is 0.783 bits per heavy atom. The Hall–Kier alpha value is -2.42. The number of hydrogen-bond acceptors (Lipinski definition) is 5. The average Bonchev–Trinajstić information content (AvgIpc) is 3.48. The number of amides is 4. The summed E-state index contributed by atoms with van der Waals surface area (Å²) in [5, 5.41) is 6.43. The molecule has 9 heteroatoms. The first-order valence-corrected chi connectivity index (χ1v) is 18.3. The molecule has 3 rings (SSSR count). The number of carbonyl (C=O) groups excluding carboxylic acids is 4. The van der Waals surface area contributed by atoms with Crippen LogP contribution in [-0.2, 0) is 19.2 Å². The Balaban J connectivity index is 1.74. The van der Waals surface area contributed by atoms with Crippen LogP contribution in [0.1, 0.15) is 132 Å². The lowest BCUT2D eigenvalue weighted by molar-refractivity contribution is -0.142. The Bertz CT molecular complexity index is 1070. The van der Waals surface area contributed by atoms with Crippen LogP contribution in [0.25, 0.3) is 0 Å². The normalized spacial score (nSPS) is 23.9. The fourth-order valence-electron chi connectivity index (χ4n) is 7.58. The zero-order valence-electron chi connectivity index (χ0n) is 30.5. The van der Waals surface area contributed by atoms with Crippen molar-refractivity contribution < 1.29 is 19.2 Å². The summed E-state index contributed by atoms with van der Waals surface area (Å²) < 4.78 is 0. The van der Waals surface area contributed by atoms with Crippen molar-refractivity contribution in [3.63, 3.8) is 0 Å². The standard InChI is InChI=1S/C37H65N5O4/c1-25(2)31(40(9)36(46)32(37(6,7)8)39-34(44)29-20-15-16-22-41(29)26(3)4)24-27(5)35(45)42-23-17-21-30(42)33(43)38-28-18-13-11-10-12-14-19-28/h24-26,28-32H,10-23H2,1-9H3,(H,38,43)(H,39,44)/b27-24+/t29?,30-,31+,32+/m0/s1. The molecule has 2 saturated heterocycles. The molecule has 0 spiro atoms. The van der Waals surface area contributed by atoms with Crippen LogP contribution in [0.3, 0.4) is 0 Å². The molecule has 46 heavy (non-hydrogen) atoms. The van der Waals surface area contributed by atoms with Gasteiger partial charge in [-0.2, -0.15) is 0 Å². The highest BCUT2D eigenvalue weighted by atomic mass is 16.2. The molecule has 3 aliphatic rings. The van der Waals surface area contributed by atoms with Gasteiger partial charge in [-0.1, -0.05) is 79.2 Å². The summed E-state index contributed by atoms with van der Waals surface area (Å²) in [6, 6.07) is -1.33. The van der Waals surface area contributed by atoms with Gasteiger partial charge in [-0.15, -0.1) is 0 Å². The van der Waals surface area contributed by atoms with E-state index in [1.807, 2.05) is 40.7 Å². The summed E-state index contributed by atoms with van der Waals surface area (Å²) in [7, 11) is 1.77. The van der Waals surface area contributed by atoms with E-state index < -0.39 is 17.5 Å². The fourth-order valence-corrected chi connectivity index (χ4v) is 7.58. The summed E-state index contributed by atoms with van der Waals surface area (Å²) in [5.74, 6) is -0.403. The molecule has 9 nitrogen and oxygen atoms in total. The van der Waals surface area contributed by atoms with E-state index in [0.29, 0.717) is 18.5 Å². The largest absolute Gasteiger partial charge is 0.352 e. The molecule has 1 aliphatic carbocycles. The van der Waals surface area contributed by atoms with Crippen LogP contribution in [0.4, 0.5) is 0 Å². The molecular formula is C37H65N5O4. The van der Waals surface area contributed by atoms with Crippen LogP contribution < -0.4 is 10.6 Å². The number of nitrogens with one attached hydrogen (secondary N) is 2. The van der Waals surface area contributed by atoms with Gasteiger partial charge in [0.2, 0.25) is 23.6 Å². The maximum absolute atomic E-state index is 14.2. The van der Waals surface area contributed by atoms with E-state index in [0.717, 1.165) is 57.9 Å². The van der Waals surface area contributed by atoms with Crippen LogP contribution in [0.15, 0.2) is 11.6 Å². The van der Waals surface area contributed by atoms with Gasteiger partial charge in [0.05, 0.1) is 12.1 Å². The molecule has 0 aromatic heterocycles. The van der Waals surface area contributed by atoms with Crippen molar-refractivity contribution in [3.8, 4) is 0 Å². The van der Waals surface area contributed by atoms with Crippen molar-refractivity contribution in [3.05, 3.63) is 11.6 Å². The zero-order valence-corrected chi connectivity index (χ0v) is 30.5. The van der Waals surface area contributed by atoms with Crippen LogP contribution in [0.2, 0.25) is 0 Å². The maximum Gasteiger partial charge on any atom is 0.249 e. The van der Waals surface area contributed by atoms with E-state index in [-0.39, 0.29) is 53.7 Å². The first kappa shape index (κ1) is 38.0. The number of piperidine rings is 1. The number of likely N-dealkylation sites (tertiary alicyclic amines) is 2. The third-order valence-electron chi connectivity index (χ3n) is 10.4. The molecule has 0 bridgehead atoms. The first-order chi connectivity index (χ1) is 21.6. The van der Waals surface area contributed by atoms with E-state index in [2.05, 4.69) is 29.4 Å². The molecule has 3 fully saturated rings. The quantitative estimate of drug-likeness (QED) is 0.309. The molecule has 1 unspecified atom stereocenters. The maximum atomic E-state index is 14.2. The third-order valence-corrected chi connectivity index (χ3v) is 10.4. The highest BCUT2D eigenvalue weighted by Gasteiger charge is 2.40. The number of nitrogens with zero attached hydrogens (tertiary/aromatic N) is 3. The Morgan fingerprint density at radius 2 is 1.37 bits per heavy atom. The van der Waals surface area contributed by atoms with Gasteiger partial charge in [-0.05, 0) is 77.2 Å². The van der Waals surface area contributed by atoms with Crippen molar-refractivity contribution in [1.29, 1.82) is 0 Å². The Kier molecular flexibility index (Phi) is 14.2. The summed E-state index contributed by atoms with van der Waals surface area (Å²) in [6.45, 7) is 17.5. The minimum atomic E-state index is -0.716. The van der Waals surface area contributed by atoms with E-state index in [9.17, 15) is 19.2 Å². The second kappa shape index (κ2) is 17.1. The Morgan fingerprint density at radius 3 is 1.96 bits per heavy atom. The lowest BCUT2D eigenvalue weighted by atomic mass is 9.84. The molecule has 0 radical (unpaired) electrons. The monoisotopic (exact) mass is 644 g/mol. The molecule has 2 N–H and O–H groups in total. The first-order valence-electron chi connectivity index (χ1n) is 18.3. The van der Waals surface area contributed by atoms with Crippen molar-refractivity contribution in [2.24, 2.45) is 11.3 Å². The molecule has 0 aromatic carbocycles. The SMILES string of the molecule is C/C(=C\[C@H](C(C)C)N(C)C(=O)[C@@H](NC(=O)C1CCCCN1C(C)C)C(C)(C)C)C(=O)N1CCC[C@H]1C(=O)NC1CCCCCCC1. The average molecular weight is 644 g/mol. The van der Waals surface area contributed by atoms with E-state index >= 15 is 0 Å². The van der Waals surface area contributed by atoms with Crippen molar-refractivity contribution >= 4 is 23.6 Å². The third kappa shape index (κ3) is 10.0. The fraction of sp³-hybridized carbons (Fsp3) is 0.838. The smallest absolute Gasteiger partial charge is 0.249 e. The van der Waals surface area contributed by atoms with Crippen molar-refractivity contribution in [2.45, 2.75) is 169 Å². The van der Waals surface area contributed by atoms with Gasteiger partial charge < -0.3 is 20.4 Å². The lowest BCUT2D eigenvalue weighted by Gasteiger charge is -2.41. The highest BCUT2D eigenvalue weighted by Crippen LogP contribution is 2.27. The predicted octanol–water partition coefficient (Wildman–Crippen LogP) is 5.43. The summed E-state index contributed by atoms with van der Waals surface area (Å²) in [4.78, 5) is 60.7. The lowest BCUT2D eigenvalue weighted by Crippen LogP contribution is -2.60. The van der Waals surface area contributed by atoms with Gasteiger partial charge in [0.1, 0.15) is 12.1 Å². The summed E-state index contributed by atoms with van der Waals surface area (Å²) >= 11 is 0. The van der Waals surface area contributed by atoms with Gasteiger partial charge >= 0.3 is 0 Å². The van der Waals surface area contributed by atoms with Crippen LogP contribution in [0, 0.1) is 11.3 Å². The van der Waals surface area contributed by atoms with E-state index in [4.69, 9.17) is 0 Å². The molecule has 4 atom stereocenters. The Labute approximate surface area is 279 Å². The highest BCUT2D eigenvalue weighted by molar-refractivity contribution is 5.97.